The molecular weight excluding hydrogens is 357 g/mol. The fraction of sp³-hybridized carbons (Fsp3) is 0.300. The summed E-state index contributed by atoms with van der Waals surface area (Å²) in [6, 6.07) is 11.9. The average molecular weight is 376 g/mol. The van der Waals surface area contributed by atoms with Gasteiger partial charge >= 0.3 is 6.18 Å². The molecule has 2 aromatic rings. The molecule has 0 spiro atoms. The SMILES string of the molecule is C[C@@H](c1ccccc1)N1C(=O)[C@H](CC(N)=O)Cc2ccc(C(F)(F)F)cc21. The van der Waals surface area contributed by atoms with Crippen molar-refractivity contribution >= 4 is 17.5 Å². The maximum atomic E-state index is 13.2. The number of alkyl halides is 3. The van der Waals surface area contributed by atoms with E-state index in [1.807, 2.05) is 18.2 Å². The molecule has 0 radical (unpaired) electrons. The Morgan fingerprint density at radius 3 is 2.48 bits per heavy atom. The lowest BCUT2D eigenvalue weighted by Crippen LogP contribution is -2.44. The van der Waals surface area contributed by atoms with Crippen molar-refractivity contribution in [1.82, 2.24) is 0 Å². The van der Waals surface area contributed by atoms with Crippen LogP contribution in [0.3, 0.4) is 0 Å². The Hall–Kier alpha value is -2.83. The van der Waals surface area contributed by atoms with Crippen molar-refractivity contribution in [3.05, 3.63) is 65.2 Å². The first-order valence-corrected chi connectivity index (χ1v) is 8.55. The van der Waals surface area contributed by atoms with E-state index in [1.165, 1.54) is 11.0 Å². The molecule has 3 rings (SSSR count). The van der Waals surface area contributed by atoms with Crippen LogP contribution in [-0.2, 0) is 22.2 Å². The maximum Gasteiger partial charge on any atom is 0.416 e. The molecule has 0 aliphatic carbocycles. The van der Waals surface area contributed by atoms with Crippen molar-refractivity contribution in [3.63, 3.8) is 0 Å². The van der Waals surface area contributed by atoms with Gasteiger partial charge in [0.1, 0.15) is 0 Å². The third-order valence-electron chi connectivity index (χ3n) is 4.84. The number of hydrogen-bond donors (Lipinski definition) is 1. The standard InChI is InChI=1S/C20H19F3N2O2/c1-12(13-5-3-2-4-6-13)25-17-11-16(20(21,22)23)8-7-14(17)9-15(19(25)27)10-18(24)26/h2-8,11-12,15H,9-10H2,1H3,(H2,24,26)/t12-,15-/m0/s1. The molecule has 1 heterocycles. The Morgan fingerprint density at radius 2 is 1.89 bits per heavy atom. The van der Waals surface area contributed by atoms with Gasteiger partial charge in [0.2, 0.25) is 11.8 Å². The van der Waals surface area contributed by atoms with Gasteiger partial charge in [0.25, 0.3) is 0 Å². The highest BCUT2D eigenvalue weighted by Gasteiger charge is 2.39. The molecule has 2 N–H and O–H groups in total. The van der Waals surface area contributed by atoms with Crippen LogP contribution in [0.25, 0.3) is 0 Å². The third kappa shape index (κ3) is 3.82. The Labute approximate surface area is 154 Å². The number of carbonyl (C=O) groups is 2. The van der Waals surface area contributed by atoms with Crippen LogP contribution < -0.4 is 10.6 Å². The number of hydrogen-bond acceptors (Lipinski definition) is 2. The zero-order valence-electron chi connectivity index (χ0n) is 14.7. The van der Waals surface area contributed by atoms with E-state index < -0.39 is 35.5 Å². The van der Waals surface area contributed by atoms with Crippen LogP contribution >= 0.6 is 0 Å². The van der Waals surface area contributed by atoms with E-state index in [2.05, 4.69) is 0 Å². The van der Waals surface area contributed by atoms with Crippen molar-refractivity contribution in [2.24, 2.45) is 11.7 Å². The fourth-order valence-corrected chi connectivity index (χ4v) is 3.49. The molecule has 142 valence electrons. The van der Waals surface area contributed by atoms with Gasteiger partial charge in [-0.25, -0.2) is 0 Å². The molecule has 0 unspecified atom stereocenters. The normalized spacial score (nSPS) is 18.1. The van der Waals surface area contributed by atoms with E-state index in [0.29, 0.717) is 5.56 Å². The maximum absolute atomic E-state index is 13.2. The van der Waals surface area contributed by atoms with E-state index in [1.54, 1.807) is 19.1 Å². The summed E-state index contributed by atoms with van der Waals surface area (Å²) in [5.41, 5.74) is 6.06. The van der Waals surface area contributed by atoms with Crippen LogP contribution in [0.1, 0.15) is 36.1 Å². The predicted octanol–water partition coefficient (Wildman–Crippen LogP) is 3.85. The fourth-order valence-electron chi connectivity index (χ4n) is 3.49. The van der Waals surface area contributed by atoms with Crippen molar-refractivity contribution in [2.45, 2.75) is 32.0 Å². The van der Waals surface area contributed by atoms with E-state index in [9.17, 15) is 22.8 Å². The van der Waals surface area contributed by atoms with Gasteiger partial charge in [-0.2, -0.15) is 13.2 Å². The number of carbonyl (C=O) groups excluding carboxylic acids is 2. The number of halogens is 3. The molecule has 0 saturated heterocycles. The lowest BCUT2D eigenvalue weighted by Gasteiger charge is -2.38. The molecule has 1 aliphatic heterocycles. The van der Waals surface area contributed by atoms with Crippen molar-refractivity contribution in [2.75, 3.05) is 4.90 Å². The quantitative estimate of drug-likeness (QED) is 0.881. The highest BCUT2D eigenvalue weighted by molar-refractivity contribution is 6.00. The molecule has 2 atom stereocenters. The summed E-state index contributed by atoms with van der Waals surface area (Å²) in [6.45, 7) is 1.75. The summed E-state index contributed by atoms with van der Waals surface area (Å²) >= 11 is 0. The second-order valence-electron chi connectivity index (χ2n) is 6.71. The van der Waals surface area contributed by atoms with E-state index in [4.69, 9.17) is 5.73 Å². The summed E-state index contributed by atoms with van der Waals surface area (Å²) < 4.78 is 39.6. The topological polar surface area (TPSA) is 63.4 Å². The second kappa shape index (κ2) is 7.06. The Bertz CT molecular complexity index is 865. The highest BCUT2D eigenvalue weighted by Crippen LogP contribution is 2.41. The Balaban J connectivity index is 2.10. The summed E-state index contributed by atoms with van der Waals surface area (Å²) in [5.74, 6) is -1.69. The summed E-state index contributed by atoms with van der Waals surface area (Å²) in [7, 11) is 0. The molecule has 0 aromatic heterocycles. The summed E-state index contributed by atoms with van der Waals surface area (Å²) in [4.78, 5) is 25.8. The lowest BCUT2D eigenvalue weighted by atomic mass is 9.86. The minimum atomic E-state index is -4.51. The van der Waals surface area contributed by atoms with Gasteiger partial charge in [-0.05, 0) is 36.6 Å². The van der Waals surface area contributed by atoms with Crippen molar-refractivity contribution < 1.29 is 22.8 Å². The number of nitrogens with zero attached hydrogens (tertiary/aromatic N) is 1. The molecule has 2 amide bonds. The van der Waals surface area contributed by atoms with E-state index in [0.717, 1.165) is 17.7 Å². The first-order chi connectivity index (χ1) is 12.7. The zero-order chi connectivity index (χ0) is 19.8. The van der Waals surface area contributed by atoms with Crippen LogP contribution in [0.5, 0.6) is 0 Å². The summed E-state index contributed by atoms with van der Waals surface area (Å²) in [5, 5.41) is 0. The molecule has 2 aromatic carbocycles. The molecule has 0 fully saturated rings. The van der Waals surface area contributed by atoms with Gasteiger partial charge in [-0.1, -0.05) is 36.4 Å². The number of anilines is 1. The number of nitrogens with two attached hydrogens (primary N) is 1. The van der Waals surface area contributed by atoms with Gasteiger partial charge < -0.3 is 10.6 Å². The van der Waals surface area contributed by atoms with Crippen LogP contribution in [0.4, 0.5) is 18.9 Å². The molecule has 0 bridgehead atoms. The third-order valence-corrected chi connectivity index (χ3v) is 4.84. The Morgan fingerprint density at radius 1 is 1.22 bits per heavy atom. The number of primary amides is 1. The number of benzene rings is 2. The van der Waals surface area contributed by atoms with Crippen LogP contribution in [0, 0.1) is 5.92 Å². The average Bonchev–Trinajstić information content (AvgIpc) is 2.61. The lowest BCUT2D eigenvalue weighted by molar-refractivity contribution is -0.137. The zero-order valence-corrected chi connectivity index (χ0v) is 14.7. The van der Waals surface area contributed by atoms with E-state index in [-0.39, 0.29) is 18.5 Å². The molecule has 27 heavy (non-hydrogen) atoms. The van der Waals surface area contributed by atoms with Crippen LogP contribution in [0.2, 0.25) is 0 Å². The first kappa shape index (κ1) is 18.9. The van der Waals surface area contributed by atoms with Crippen LogP contribution in [-0.4, -0.2) is 11.8 Å². The molecular formula is C20H19F3N2O2. The number of fused-ring (bicyclic) bond motifs is 1. The largest absolute Gasteiger partial charge is 0.416 e. The first-order valence-electron chi connectivity index (χ1n) is 8.55. The van der Waals surface area contributed by atoms with E-state index >= 15 is 0 Å². The number of rotatable bonds is 4. The van der Waals surface area contributed by atoms with Gasteiger partial charge in [0.15, 0.2) is 0 Å². The monoisotopic (exact) mass is 376 g/mol. The molecule has 4 nitrogen and oxygen atoms in total. The molecule has 1 aliphatic rings. The molecule has 7 heteroatoms. The smallest absolute Gasteiger partial charge is 0.370 e. The Kier molecular flexibility index (Phi) is 4.95. The van der Waals surface area contributed by atoms with Gasteiger partial charge in [0, 0.05) is 12.1 Å². The minimum Gasteiger partial charge on any atom is -0.370 e. The highest BCUT2D eigenvalue weighted by atomic mass is 19.4. The molecule has 0 saturated carbocycles. The van der Waals surface area contributed by atoms with Gasteiger partial charge in [0.05, 0.1) is 17.5 Å². The summed E-state index contributed by atoms with van der Waals surface area (Å²) in [6.07, 6.45) is -4.46. The minimum absolute atomic E-state index is 0.142. The number of amides is 2. The van der Waals surface area contributed by atoms with Gasteiger partial charge in [-0.3, -0.25) is 9.59 Å². The van der Waals surface area contributed by atoms with Crippen molar-refractivity contribution in [1.29, 1.82) is 0 Å². The second-order valence-corrected chi connectivity index (χ2v) is 6.71. The van der Waals surface area contributed by atoms with Gasteiger partial charge in [-0.15, -0.1) is 0 Å². The predicted molar refractivity (Wildman–Crippen MR) is 94.8 cm³/mol. The van der Waals surface area contributed by atoms with Crippen LogP contribution in [0.15, 0.2) is 48.5 Å². The van der Waals surface area contributed by atoms with Crippen molar-refractivity contribution in [3.8, 4) is 0 Å².